The van der Waals surface area contributed by atoms with Gasteiger partial charge >= 0.3 is 0 Å². The summed E-state index contributed by atoms with van der Waals surface area (Å²) in [6.45, 7) is 1.90. The van der Waals surface area contributed by atoms with Crippen molar-refractivity contribution in [2.45, 2.75) is 6.92 Å². The largest absolute Gasteiger partial charge is 0.249 e. The van der Waals surface area contributed by atoms with Crippen LogP contribution in [0.3, 0.4) is 0 Å². The Morgan fingerprint density at radius 3 is 2.80 bits per heavy atom. The molecular formula is C11H7FN2S. The molecule has 0 aliphatic carbocycles. The first-order chi connectivity index (χ1) is 7.20. The minimum Gasteiger partial charge on any atom is -0.249 e. The number of aryl methyl sites for hydroxylation is 1. The topological polar surface area (TPSA) is 36.7 Å². The van der Waals surface area contributed by atoms with Crippen molar-refractivity contribution in [2.75, 3.05) is 0 Å². The molecule has 4 heteroatoms. The molecule has 2 rings (SSSR count). The molecule has 0 spiro atoms. The van der Waals surface area contributed by atoms with Gasteiger partial charge in [0.1, 0.15) is 11.9 Å². The molecule has 15 heavy (non-hydrogen) atoms. The van der Waals surface area contributed by atoms with Gasteiger partial charge in [-0.25, -0.2) is 9.37 Å². The SMILES string of the molecule is Cc1ncc(-c2ccc(C#N)c(F)c2)s1. The van der Waals surface area contributed by atoms with Gasteiger partial charge in [0.2, 0.25) is 0 Å². The summed E-state index contributed by atoms with van der Waals surface area (Å²) in [5.74, 6) is -0.485. The number of rotatable bonds is 1. The lowest BCUT2D eigenvalue weighted by molar-refractivity contribution is 0.624. The second-order valence-electron chi connectivity index (χ2n) is 3.05. The van der Waals surface area contributed by atoms with Gasteiger partial charge in [-0.05, 0) is 24.6 Å². The van der Waals surface area contributed by atoms with E-state index in [4.69, 9.17) is 5.26 Å². The number of thiazole rings is 1. The van der Waals surface area contributed by atoms with Crippen LogP contribution in [0.4, 0.5) is 4.39 Å². The number of benzene rings is 1. The minimum atomic E-state index is -0.485. The molecule has 1 heterocycles. The van der Waals surface area contributed by atoms with Crippen LogP contribution in [0.1, 0.15) is 10.6 Å². The zero-order valence-corrected chi connectivity index (χ0v) is 8.81. The molecule has 0 radical (unpaired) electrons. The Kier molecular flexibility index (Phi) is 2.48. The van der Waals surface area contributed by atoms with E-state index in [1.807, 2.05) is 6.92 Å². The lowest BCUT2D eigenvalue weighted by Gasteiger charge is -1.97. The summed E-state index contributed by atoms with van der Waals surface area (Å²) in [4.78, 5) is 5.01. The molecule has 0 aliphatic rings. The van der Waals surface area contributed by atoms with Crippen molar-refractivity contribution in [3.05, 3.63) is 40.8 Å². The summed E-state index contributed by atoms with van der Waals surface area (Å²) in [5.41, 5.74) is 0.831. The second-order valence-corrected chi connectivity index (χ2v) is 4.28. The first kappa shape index (κ1) is 9.81. The smallest absolute Gasteiger partial charge is 0.141 e. The molecule has 0 saturated carbocycles. The average Bonchev–Trinajstić information content (AvgIpc) is 2.65. The predicted molar refractivity (Wildman–Crippen MR) is 57.0 cm³/mol. The summed E-state index contributed by atoms with van der Waals surface area (Å²) in [6, 6.07) is 6.38. The fourth-order valence-corrected chi connectivity index (χ4v) is 2.03. The molecular weight excluding hydrogens is 211 g/mol. The van der Waals surface area contributed by atoms with E-state index >= 15 is 0 Å². The molecule has 2 aromatic rings. The highest BCUT2D eigenvalue weighted by Gasteiger charge is 2.06. The van der Waals surface area contributed by atoms with E-state index in [1.54, 1.807) is 18.3 Å². The second kappa shape index (κ2) is 3.79. The normalized spacial score (nSPS) is 9.93. The summed E-state index contributed by atoms with van der Waals surface area (Å²) in [7, 11) is 0. The number of hydrogen-bond donors (Lipinski definition) is 0. The highest BCUT2D eigenvalue weighted by Crippen LogP contribution is 2.26. The summed E-state index contributed by atoms with van der Waals surface area (Å²) < 4.78 is 13.3. The number of nitrogens with zero attached hydrogens (tertiary/aromatic N) is 2. The zero-order chi connectivity index (χ0) is 10.8. The molecule has 1 aromatic carbocycles. The third kappa shape index (κ3) is 1.88. The van der Waals surface area contributed by atoms with E-state index in [0.29, 0.717) is 0 Å². The van der Waals surface area contributed by atoms with Gasteiger partial charge in [-0.2, -0.15) is 5.26 Å². The first-order valence-electron chi connectivity index (χ1n) is 4.33. The number of aromatic nitrogens is 1. The Bertz CT molecular complexity index is 540. The van der Waals surface area contributed by atoms with E-state index in [0.717, 1.165) is 15.4 Å². The van der Waals surface area contributed by atoms with Crippen LogP contribution in [0, 0.1) is 24.1 Å². The number of hydrogen-bond acceptors (Lipinski definition) is 3. The van der Waals surface area contributed by atoms with E-state index in [9.17, 15) is 4.39 Å². The van der Waals surface area contributed by atoms with Crippen LogP contribution in [-0.4, -0.2) is 4.98 Å². The molecule has 0 N–H and O–H groups in total. The molecule has 2 nitrogen and oxygen atoms in total. The van der Waals surface area contributed by atoms with Crippen molar-refractivity contribution in [1.29, 1.82) is 5.26 Å². The standard InChI is InChI=1S/C11H7FN2S/c1-7-14-6-11(15-7)8-2-3-9(5-13)10(12)4-8/h2-4,6H,1H3. The molecule has 0 atom stereocenters. The maximum Gasteiger partial charge on any atom is 0.141 e. The molecule has 0 aliphatic heterocycles. The lowest BCUT2D eigenvalue weighted by atomic mass is 10.1. The maximum absolute atomic E-state index is 13.3. The lowest BCUT2D eigenvalue weighted by Crippen LogP contribution is -1.83. The first-order valence-corrected chi connectivity index (χ1v) is 5.15. The Morgan fingerprint density at radius 1 is 1.47 bits per heavy atom. The van der Waals surface area contributed by atoms with E-state index in [-0.39, 0.29) is 5.56 Å². The number of nitriles is 1. The summed E-state index contributed by atoms with van der Waals surface area (Å²) in [5, 5.41) is 9.52. The van der Waals surface area contributed by atoms with E-state index < -0.39 is 5.82 Å². The van der Waals surface area contributed by atoms with Gasteiger partial charge in [0.25, 0.3) is 0 Å². The van der Waals surface area contributed by atoms with Crippen LogP contribution in [0.5, 0.6) is 0 Å². The maximum atomic E-state index is 13.3. The van der Waals surface area contributed by atoms with Crippen LogP contribution >= 0.6 is 11.3 Å². The number of halogens is 1. The van der Waals surface area contributed by atoms with Crippen molar-refractivity contribution in [3.63, 3.8) is 0 Å². The predicted octanol–water partition coefficient (Wildman–Crippen LogP) is 3.13. The zero-order valence-electron chi connectivity index (χ0n) is 7.99. The van der Waals surface area contributed by atoms with Gasteiger partial charge in [-0.15, -0.1) is 11.3 Å². The summed E-state index contributed by atoms with van der Waals surface area (Å²) >= 11 is 1.50. The summed E-state index contributed by atoms with van der Waals surface area (Å²) in [6.07, 6.45) is 1.71. The minimum absolute atomic E-state index is 0.0694. The van der Waals surface area contributed by atoms with Crippen molar-refractivity contribution in [1.82, 2.24) is 4.98 Å². The van der Waals surface area contributed by atoms with Gasteiger partial charge in [0.15, 0.2) is 0 Å². The van der Waals surface area contributed by atoms with Crippen molar-refractivity contribution < 1.29 is 4.39 Å². The van der Waals surface area contributed by atoms with Gasteiger partial charge in [0.05, 0.1) is 15.4 Å². The Morgan fingerprint density at radius 2 is 2.27 bits per heavy atom. The van der Waals surface area contributed by atoms with Crippen molar-refractivity contribution >= 4 is 11.3 Å². The molecule has 0 fully saturated rings. The monoisotopic (exact) mass is 218 g/mol. The molecule has 0 amide bonds. The van der Waals surface area contributed by atoms with Crippen LogP contribution in [0.2, 0.25) is 0 Å². The Labute approximate surface area is 90.6 Å². The highest BCUT2D eigenvalue weighted by molar-refractivity contribution is 7.15. The van der Waals surface area contributed by atoms with Crippen molar-refractivity contribution in [2.24, 2.45) is 0 Å². The quantitative estimate of drug-likeness (QED) is 0.737. The third-order valence-electron chi connectivity index (χ3n) is 2.00. The van der Waals surface area contributed by atoms with Gasteiger partial charge < -0.3 is 0 Å². The average molecular weight is 218 g/mol. The molecule has 0 bridgehead atoms. The van der Waals surface area contributed by atoms with Gasteiger partial charge in [0, 0.05) is 6.20 Å². The van der Waals surface area contributed by atoms with Crippen LogP contribution in [0.25, 0.3) is 10.4 Å². The molecule has 0 unspecified atom stereocenters. The van der Waals surface area contributed by atoms with Crippen molar-refractivity contribution in [3.8, 4) is 16.5 Å². The fourth-order valence-electron chi connectivity index (χ4n) is 1.25. The van der Waals surface area contributed by atoms with Gasteiger partial charge in [-0.3, -0.25) is 0 Å². The molecule has 1 aromatic heterocycles. The fraction of sp³-hybridized carbons (Fsp3) is 0.0909. The molecule has 0 saturated heterocycles. The van der Waals surface area contributed by atoms with E-state index in [1.165, 1.54) is 23.5 Å². The molecule has 74 valence electrons. The van der Waals surface area contributed by atoms with Gasteiger partial charge in [-0.1, -0.05) is 6.07 Å². The Hall–Kier alpha value is -1.73. The highest BCUT2D eigenvalue weighted by atomic mass is 32.1. The van der Waals surface area contributed by atoms with Crippen LogP contribution < -0.4 is 0 Å². The van der Waals surface area contributed by atoms with Crippen LogP contribution in [-0.2, 0) is 0 Å². The van der Waals surface area contributed by atoms with Crippen LogP contribution in [0.15, 0.2) is 24.4 Å². The van der Waals surface area contributed by atoms with E-state index in [2.05, 4.69) is 4.98 Å². The Balaban J connectivity index is 2.48. The third-order valence-corrected chi connectivity index (χ3v) is 2.96.